The maximum Gasteiger partial charge on any atom is 0.216 e. The Kier molecular flexibility index (Phi) is 5.02. The molecule has 1 aliphatic rings. The van der Waals surface area contributed by atoms with Gasteiger partial charge in [0.05, 0.1) is 17.1 Å². The third kappa shape index (κ3) is 3.59. The number of hydrogen-bond donors (Lipinski definition) is 0. The quantitative estimate of drug-likeness (QED) is 0.299. The SMILES string of the molecule is CC(C)[C@@H]1COC(c2cccc(Oc3ccc4c5ccccc5n(-c5ccccn5)c4c3)c2)=N1. The van der Waals surface area contributed by atoms with Gasteiger partial charge in [-0.3, -0.25) is 4.57 Å². The van der Waals surface area contributed by atoms with E-state index in [1.165, 1.54) is 5.39 Å². The van der Waals surface area contributed by atoms with Crippen LogP contribution in [-0.4, -0.2) is 28.1 Å². The first-order chi connectivity index (χ1) is 16.7. The first-order valence-electron chi connectivity index (χ1n) is 11.6. The Morgan fingerprint density at radius 3 is 2.50 bits per heavy atom. The molecular formula is C29H25N3O2. The molecule has 6 rings (SSSR count). The van der Waals surface area contributed by atoms with E-state index in [1.807, 2.05) is 54.7 Å². The molecule has 5 aromatic rings. The van der Waals surface area contributed by atoms with E-state index in [4.69, 9.17) is 14.5 Å². The molecule has 0 aliphatic carbocycles. The fourth-order valence-corrected chi connectivity index (χ4v) is 4.46. The van der Waals surface area contributed by atoms with E-state index in [0.717, 1.165) is 39.3 Å². The van der Waals surface area contributed by atoms with E-state index in [-0.39, 0.29) is 6.04 Å². The molecule has 1 atom stereocenters. The highest BCUT2D eigenvalue weighted by Crippen LogP contribution is 2.35. The molecule has 0 spiro atoms. The van der Waals surface area contributed by atoms with Crippen LogP contribution in [0.2, 0.25) is 0 Å². The van der Waals surface area contributed by atoms with Gasteiger partial charge in [0.2, 0.25) is 5.90 Å². The molecule has 0 N–H and O–H groups in total. The lowest BCUT2D eigenvalue weighted by Gasteiger charge is -2.10. The van der Waals surface area contributed by atoms with Crippen molar-refractivity contribution in [3.63, 3.8) is 0 Å². The molecule has 0 saturated carbocycles. The number of aliphatic imine (C=N–C) groups is 1. The summed E-state index contributed by atoms with van der Waals surface area (Å²) in [6.07, 6.45) is 1.82. The van der Waals surface area contributed by atoms with Gasteiger partial charge in [-0.1, -0.05) is 44.2 Å². The number of nitrogens with zero attached hydrogens (tertiary/aromatic N) is 3. The zero-order valence-corrected chi connectivity index (χ0v) is 19.2. The first-order valence-corrected chi connectivity index (χ1v) is 11.6. The third-order valence-corrected chi connectivity index (χ3v) is 6.28. The second-order valence-corrected chi connectivity index (χ2v) is 8.91. The number of pyridine rings is 1. The normalized spacial score (nSPS) is 15.6. The molecule has 5 nitrogen and oxygen atoms in total. The first kappa shape index (κ1) is 20.5. The number of fused-ring (bicyclic) bond motifs is 3. The number of para-hydroxylation sites is 1. The van der Waals surface area contributed by atoms with Gasteiger partial charge < -0.3 is 9.47 Å². The van der Waals surface area contributed by atoms with Crippen LogP contribution in [0, 0.1) is 5.92 Å². The average Bonchev–Trinajstić information content (AvgIpc) is 3.48. The minimum atomic E-state index is 0.204. The molecule has 5 heteroatoms. The maximum atomic E-state index is 6.30. The molecule has 3 heterocycles. The van der Waals surface area contributed by atoms with Crippen LogP contribution in [0.15, 0.2) is 96.1 Å². The van der Waals surface area contributed by atoms with Crippen LogP contribution in [0.1, 0.15) is 19.4 Å². The lowest BCUT2D eigenvalue weighted by molar-refractivity contribution is 0.292. The number of benzene rings is 3. The van der Waals surface area contributed by atoms with E-state index in [1.54, 1.807) is 0 Å². The van der Waals surface area contributed by atoms with Crippen molar-refractivity contribution in [3.05, 3.63) is 96.7 Å². The largest absolute Gasteiger partial charge is 0.475 e. The number of hydrogen-bond acceptors (Lipinski definition) is 4. The van der Waals surface area contributed by atoms with Crippen LogP contribution in [-0.2, 0) is 4.74 Å². The molecule has 2 aromatic heterocycles. The Hall–Kier alpha value is -4.12. The van der Waals surface area contributed by atoms with E-state index < -0.39 is 0 Å². The molecule has 0 amide bonds. The van der Waals surface area contributed by atoms with Gasteiger partial charge in [-0.05, 0) is 54.4 Å². The molecule has 0 radical (unpaired) electrons. The fraction of sp³-hybridized carbons (Fsp3) is 0.172. The van der Waals surface area contributed by atoms with Crippen LogP contribution in [0.4, 0.5) is 0 Å². The lowest BCUT2D eigenvalue weighted by Crippen LogP contribution is -2.13. The topological polar surface area (TPSA) is 48.6 Å². The molecule has 0 bridgehead atoms. The maximum absolute atomic E-state index is 6.30. The summed E-state index contributed by atoms with van der Waals surface area (Å²) in [7, 11) is 0. The van der Waals surface area contributed by atoms with E-state index in [2.05, 4.69) is 59.8 Å². The van der Waals surface area contributed by atoms with Gasteiger partial charge in [-0.25, -0.2) is 9.98 Å². The van der Waals surface area contributed by atoms with Gasteiger partial charge in [-0.2, -0.15) is 0 Å². The predicted octanol–water partition coefficient (Wildman–Crippen LogP) is 6.77. The monoisotopic (exact) mass is 447 g/mol. The summed E-state index contributed by atoms with van der Waals surface area (Å²) < 4.78 is 14.3. The number of rotatable bonds is 5. The Labute approximate surface area is 198 Å². The summed E-state index contributed by atoms with van der Waals surface area (Å²) in [5.41, 5.74) is 3.10. The van der Waals surface area contributed by atoms with E-state index >= 15 is 0 Å². The van der Waals surface area contributed by atoms with Gasteiger partial charge in [-0.15, -0.1) is 0 Å². The highest BCUT2D eigenvalue weighted by molar-refractivity contribution is 6.09. The van der Waals surface area contributed by atoms with Crippen molar-refractivity contribution in [1.82, 2.24) is 9.55 Å². The second kappa shape index (κ2) is 8.34. The van der Waals surface area contributed by atoms with Crippen molar-refractivity contribution < 1.29 is 9.47 Å². The molecule has 168 valence electrons. The minimum Gasteiger partial charge on any atom is -0.475 e. The van der Waals surface area contributed by atoms with E-state index in [9.17, 15) is 0 Å². The Morgan fingerprint density at radius 1 is 0.853 bits per heavy atom. The molecule has 0 saturated heterocycles. The van der Waals surface area contributed by atoms with Crippen LogP contribution >= 0.6 is 0 Å². The summed E-state index contributed by atoms with van der Waals surface area (Å²) in [6.45, 7) is 4.97. The lowest BCUT2D eigenvalue weighted by atomic mass is 10.1. The van der Waals surface area contributed by atoms with Crippen LogP contribution in [0.25, 0.3) is 27.6 Å². The Balaban J connectivity index is 1.39. The minimum absolute atomic E-state index is 0.204. The zero-order valence-electron chi connectivity index (χ0n) is 19.2. The van der Waals surface area contributed by atoms with Crippen molar-refractivity contribution in [2.45, 2.75) is 19.9 Å². The van der Waals surface area contributed by atoms with Crippen molar-refractivity contribution >= 4 is 27.7 Å². The van der Waals surface area contributed by atoms with Gasteiger partial charge in [0.1, 0.15) is 23.9 Å². The van der Waals surface area contributed by atoms with Crippen molar-refractivity contribution in [2.75, 3.05) is 6.61 Å². The molecule has 1 aliphatic heterocycles. The Bertz CT molecular complexity index is 1520. The van der Waals surface area contributed by atoms with Gasteiger partial charge in [0.15, 0.2) is 0 Å². The van der Waals surface area contributed by atoms with E-state index in [0.29, 0.717) is 18.4 Å². The number of ether oxygens (including phenoxy) is 2. The number of aromatic nitrogens is 2. The van der Waals surface area contributed by atoms with Gasteiger partial charge >= 0.3 is 0 Å². The molecule has 3 aromatic carbocycles. The van der Waals surface area contributed by atoms with Gasteiger partial charge in [0.25, 0.3) is 0 Å². The molecule has 0 unspecified atom stereocenters. The van der Waals surface area contributed by atoms with Crippen LogP contribution in [0.3, 0.4) is 0 Å². The molecule has 34 heavy (non-hydrogen) atoms. The third-order valence-electron chi connectivity index (χ3n) is 6.28. The predicted molar refractivity (Wildman–Crippen MR) is 136 cm³/mol. The fourth-order valence-electron chi connectivity index (χ4n) is 4.46. The van der Waals surface area contributed by atoms with Crippen LogP contribution < -0.4 is 4.74 Å². The van der Waals surface area contributed by atoms with Crippen molar-refractivity contribution in [2.24, 2.45) is 10.9 Å². The highest BCUT2D eigenvalue weighted by atomic mass is 16.5. The summed E-state index contributed by atoms with van der Waals surface area (Å²) in [4.78, 5) is 9.35. The van der Waals surface area contributed by atoms with Gasteiger partial charge in [0, 0.05) is 28.6 Å². The smallest absolute Gasteiger partial charge is 0.216 e. The average molecular weight is 448 g/mol. The molecular weight excluding hydrogens is 422 g/mol. The summed E-state index contributed by atoms with van der Waals surface area (Å²) in [5.74, 6) is 3.53. The zero-order chi connectivity index (χ0) is 23.1. The summed E-state index contributed by atoms with van der Waals surface area (Å²) in [6, 6.07) is 28.7. The molecule has 0 fully saturated rings. The summed E-state index contributed by atoms with van der Waals surface area (Å²) in [5, 5.41) is 2.35. The Morgan fingerprint density at radius 2 is 1.68 bits per heavy atom. The van der Waals surface area contributed by atoms with Crippen molar-refractivity contribution in [1.29, 1.82) is 0 Å². The summed E-state index contributed by atoms with van der Waals surface area (Å²) >= 11 is 0. The van der Waals surface area contributed by atoms with Crippen LogP contribution in [0.5, 0.6) is 11.5 Å². The standard InChI is InChI=1S/C29H25N3O2/c1-19(2)25-18-33-29(31-25)20-8-7-9-21(16-20)34-22-13-14-24-23-10-3-4-11-26(23)32(27(24)17-22)28-12-5-6-15-30-28/h3-17,19,25H,18H2,1-2H3/t25-/m0/s1. The second-order valence-electron chi connectivity index (χ2n) is 8.91. The highest BCUT2D eigenvalue weighted by Gasteiger charge is 2.23. The van der Waals surface area contributed by atoms with Crippen molar-refractivity contribution in [3.8, 4) is 17.3 Å².